The molecule has 0 aliphatic carbocycles. The van der Waals surface area contributed by atoms with Crippen LogP contribution in [0.2, 0.25) is 0 Å². The quantitative estimate of drug-likeness (QED) is 0.724. The van der Waals surface area contributed by atoms with Crippen LogP contribution in [-0.4, -0.2) is 21.6 Å². The van der Waals surface area contributed by atoms with Crippen molar-refractivity contribution in [3.05, 3.63) is 0 Å². The first kappa shape index (κ1) is 12.1. The number of nitrogens with zero attached hydrogens (tertiary/aromatic N) is 3. The van der Waals surface area contributed by atoms with Gasteiger partial charge >= 0.3 is 18.0 Å². The molecule has 0 radical (unpaired) electrons. The van der Waals surface area contributed by atoms with E-state index in [1.165, 1.54) is 0 Å². The summed E-state index contributed by atoms with van der Waals surface area (Å²) in [7, 11) is 0. The largest absolute Gasteiger partial charge is 0.463 e. The van der Waals surface area contributed by atoms with Crippen LogP contribution in [0.5, 0.6) is 18.0 Å². The molecule has 0 unspecified atom stereocenters. The second kappa shape index (κ2) is 6.47. The number of unbranched alkanes of at least 4 members (excludes halogenated alkanes) is 1. The van der Waals surface area contributed by atoms with E-state index in [-0.39, 0.29) is 18.0 Å². The molecule has 15 heavy (non-hydrogen) atoms. The molecule has 0 N–H and O–H groups in total. The Balaban J connectivity index is 2.68. The van der Waals surface area contributed by atoms with Crippen LogP contribution in [0.25, 0.3) is 0 Å². The first-order valence-electron chi connectivity index (χ1n) is 4.26. The molecule has 84 valence electrons. The molecule has 0 spiro atoms. The van der Waals surface area contributed by atoms with Crippen molar-refractivity contribution in [2.24, 2.45) is 0 Å². The fourth-order valence-corrected chi connectivity index (χ4v) is 0.900. The number of hydrogen-bond acceptors (Lipinski definition) is 6. The summed E-state index contributed by atoms with van der Waals surface area (Å²) >= 11 is 10.2. The Hall–Kier alpha value is -1.01. The van der Waals surface area contributed by atoms with Gasteiger partial charge in [0, 0.05) is 0 Å². The van der Waals surface area contributed by atoms with Crippen molar-refractivity contribution in [2.45, 2.75) is 19.8 Å². The maximum Gasteiger partial charge on any atom is 0.344 e. The van der Waals surface area contributed by atoms with Gasteiger partial charge in [0.05, 0.1) is 6.61 Å². The predicted molar refractivity (Wildman–Crippen MR) is 53.2 cm³/mol. The maximum absolute atomic E-state index is 5.19. The molecular formula is C7H9Cl2N3O3. The van der Waals surface area contributed by atoms with Gasteiger partial charge in [-0.15, -0.1) is 15.0 Å². The molecule has 8 heteroatoms. The van der Waals surface area contributed by atoms with E-state index in [1.807, 2.05) is 6.92 Å². The van der Waals surface area contributed by atoms with E-state index in [0.29, 0.717) is 6.61 Å². The molecule has 0 aliphatic heterocycles. The van der Waals surface area contributed by atoms with Crippen LogP contribution in [0.15, 0.2) is 0 Å². The van der Waals surface area contributed by atoms with E-state index < -0.39 is 0 Å². The summed E-state index contributed by atoms with van der Waals surface area (Å²) in [6, 6.07) is -0.201. The Morgan fingerprint density at radius 2 is 1.53 bits per heavy atom. The van der Waals surface area contributed by atoms with Crippen molar-refractivity contribution in [3.63, 3.8) is 0 Å². The van der Waals surface area contributed by atoms with Crippen LogP contribution < -0.4 is 13.3 Å². The van der Waals surface area contributed by atoms with Crippen LogP contribution in [-0.2, 0) is 0 Å². The Morgan fingerprint density at radius 3 is 2.00 bits per heavy atom. The van der Waals surface area contributed by atoms with Gasteiger partial charge in [0.15, 0.2) is 0 Å². The Kier molecular flexibility index (Phi) is 5.20. The lowest BCUT2D eigenvalue weighted by Gasteiger charge is -2.03. The van der Waals surface area contributed by atoms with Gasteiger partial charge < -0.3 is 13.3 Å². The fourth-order valence-electron chi connectivity index (χ4n) is 0.762. The number of rotatable bonds is 6. The molecule has 6 nitrogen and oxygen atoms in total. The first-order valence-corrected chi connectivity index (χ1v) is 4.88. The second-order valence-corrected chi connectivity index (χ2v) is 2.85. The van der Waals surface area contributed by atoms with Crippen LogP contribution in [0.3, 0.4) is 0 Å². The summed E-state index contributed by atoms with van der Waals surface area (Å²) in [6.45, 7) is 2.53. The van der Waals surface area contributed by atoms with E-state index in [1.54, 1.807) is 0 Å². The average molecular weight is 254 g/mol. The number of hydrogen-bond donors (Lipinski definition) is 0. The third kappa shape index (κ3) is 3.93. The fraction of sp³-hybridized carbons (Fsp3) is 0.571. The lowest BCUT2D eigenvalue weighted by Crippen LogP contribution is -2.03. The summed E-state index contributed by atoms with van der Waals surface area (Å²) in [5.41, 5.74) is 0. The minimum absolute atomic E-state index is 0.0600. The molecule has 0 bridgehead atoms. The van der Waals surface area contributed by atoms with Crippen molar-refractivity contribution in [3.8, 4) is 18.0 Å². The van der Waals surface area contributed by atoms with E-state index in [0.717, 1.165) is 12.8 Å². The zero-order valence-corrected chi connectivity index (χ0v) is 9.46. The van der Waals surface area contributed by atoms with E-state index in [9.17, 15) is 0 Å². The highest BCUT2D eigenvalue weighted by atomic mass is 35.5. The van der Waals surface area contributed by atoms with Gasteiger partial charge in [-0.1, -0.05) is 13.3 Å². The smallest absolute Gasteiger partial charge is 0.344 e. The summed E-state index contributed by atoms with van der Waals surface area (Å²) in [5.74, 6) is 0. The van der Waals surface area contributed by atoms with Gasteiger partial charge in [0.2, 0.25) is 0 Å². The highest BCUT2D eigenvalue weighted by Gasteiger charge is 2.09. The molecule has 0 aromatic carbocycles. The van der Waals surface area contributed by atoms with Gasteiger partial charge in [0.1, 0.15) is 23.7 Å². The zero-order valence-electron chi connectivity index (χ0n) is 7.94. The van der Waals surface area contributed by atoms with Gasteiger partial charge in [-0.2, -0.15) is 0 Å². The molecule has 1 aromatic rings. The molecule has 0 saturated heterocycles. The highest BCUT2D eigenvalue weighted by molar-refractivity contribution is 6.09. The molecule has 0 atom stereocenters. The van der Waals surface area contributed by atoms with Crippen molar-refractivity contribution in [1.82, 2.24) is 15.0 Å². The standard InChI is InChI=1S/C7H9Cl2N3O3/c1-2-3-4-13-5-10-6(14-8)12-7(11-5)15-9/h2-4H2,1H3. The van der Waals surface area contributed by atoms with E-state index in [4.69, 9.17) is 28.5 Å². The molecule has 1 heterocycles. The molecular weight excluding hydrogens is 245 g/mol. The van der Waals surface area contributed by atoms with Crippen LogP contribution >= 0.6 is 23.7 Å². The molecule has 0 aliphatic rings. The Labute approximate surface area is 96.8 Å². The summed E-state index contributed by atoms with van der Waals surface area (Å²) < 4.78 is 13.8. The van der Waals surface area contributed by atoms with Crippen molar-refractivity contribution in [2.75, 3.05) is 6.61 Å². The topological polar surface area (TPSA) is 66.4 Å². The highest BCUT2D eigenvalue weighted by Crippen LogP contribution is 2.16. The summed E-state index contributed by atoms with van der Waals surface area (Å²) in [5, 5.41) is 0. The van der Waals surface area contributed by atoms with Crippen LogP contribution in [0, 0.1) is 0 Å². The maximum atomic E-state index is 5.19. The van der Waals surface area contributed by atoms with Crippen molar-refractivity contribution >= 4 is 23.7 Å². The van der Waals surface area contributed by atoms with Gasteiger partial charge in [-0.05, 0) is 6.42 Å². The third-order valence-corrected chi connectivity index (χ3v) is 1.72. The van der Waals surface area contributed by atoms with Gasteiger partial charge in [-0.3, -0.25) is 0 Å². The normalized spacial score (nSPS) is 9.80. The van der Waals surface area contributed by atoms with Crippen LogP contribution in [0.4, 0.5) is 0 Å². The van der Waals surface area contributed by atoms with Crippen molar-refractivity contribution < 1.29 is 13.3 Å². The summed E-state index contributed by atoms with van der Waals surface area (Å²) in [4.78, 5) is 11.1. The first-order chi connectivity index (χ1) is 7.30. The number of aromatic nitrogens is 3. The monoisotopic (exact) mass is 253 g/mol. The second-order valence-electron chi connectivity index (χ2n) is 2.54. The SMILES string of the molecule is CCCCOc1nc(OCl)nc(OCl)n1. The van der Waals surface area contributed by atoms with Gasteiger partial charge in [0.25, 0.3) is 0 Å². The number of ether oxygens (including phenoxy) is 1. The lowest BCUT2D eigenvalue weighted by atomic mass is 10.4. The molecule has 1 rings (SSSR count). The zero-order chi connectivity index (χ0) is 11.1. The van der Waals surface area contributed by atoms with Gasteiger partial charge in [-0.25, -0.2) is 0 Å². The summed E-state index contributed by atoms with van der Waals surface area (Å²) in [6.07, 6.45) is 1.89. The van der Waals surface area contributed by atoms with Crippen molar-refractivity contribution in [1.29, 1.82) is 0 Å². The molecule has 1 aromatic heterocycles. The molecule has 0 fully saturated rings. The lowest BCUT2D eigenvalue weighted by molar-refractivity contribution is 0.277. The molecule has 0 saturated carbocycles. The average Bonchev–Trinajstić information content (AvgIpc) is 2.29. The van der Waals surface area contributed by atoms with E-state index >= 15 is 0 Å². The van der Waals surface area contributed by atoms with Crippen LogP contribution in [0.1, 0.15) is 19.8 Å². The predicted octanol–water partition coefficient (Wildman–Crippen LogP) is 2.12. The minimum atomic E-state index is -0.131. The molecule has 0 amide bonds. The number of halogens is 2. The third-order valence-electron chi connectivity index (χ3n) is 1.44. The Morgan fingerprint density at radius 1 is 1.00 bits per heavy atom. The Bertz CT molecular complexity index is 291. The van der Waals surface area contributed by atoms with E-state index in [2.05, 4.69) is 23.5 Å². The minimum Gasteiger partial charge on any atom is -0.463 e.